The van der Waals surface area contributed by atoms with E-state index in [1.165, 1.54) is 190 Å². The number of ether oxygens (including phenoxy) is 1. The van der Waals surface area contributed by atoms with Crippen LogP contribution in [0.3, 0.4) is 0 Å². The first-order chi connectivity index (χ1) is 61.9. The Morgan fingerprint density at radius 2 is 0.921 bits per heavy atom. The van der Waals surface area contributed by atoms with Crippen molar-refractivity contribution >= 4 is 65.0 Å². The van der Waals surface area contributed by atoms with Crippen molar-refractivity contribution in [2.45, 2.75) is 231 Å². The van der Waals surface area contributed by atoms with Crippen molar-refractivity contribution in [3.8, 4) is 16.9 Å². The zero-order chi connectivity index (χ0) is 87.4. The van der Waals surface area contributed by atoms with E-state index in [-0.39, 0.29) is 18.2 Å². The maximum Gasteiger partial charge on any atom is 0.153 e. The molecule has 1 N–H and O–H groups in total. The minimum Gasteiger partial charge on any atom is -0.388 e. The van der Waals surface area contributed by atoms with Gasteiger partial charge in [-0.25, -0.2) is 19.0 Å². The van der Waals surface area contributed by atoms with E-state index in [4.69, 9.17) is 33.0 Å². The fraction of sp³-hybridized carbons (Fsp3) is 0.537. The first-order valence-electron chi connectivity index (χ1n) is 48.2. The molecule has 670 valence electrons. The van der Waals surface area contributed by atoms with Gasteiger partial charge in [0.1, 0.15) is 35.6 Å². The fourth-order valence-electron chi connectivity index (χ4n) is 25.0. The molecule has 127 heavy (non-hydrogen) atoms. The second-order valence-electron chi connectivity index (χ2n) is 39.9. The number of hydrogen-bond acceptors (Lipinski definition) is 15. The molecule has 6 aliphatic heterocycles. The van der Waals surface area contributed by atoms with Crippen molar-refractivity contribution in [2.24, 2.45) is 80.1 Å². The number of benzene rings is 5. The van der Waals surface area contributed by atoms with Gasteiger partial charge in [0.2, 0.25) is 0 Å². The van der Waals surface area contributed by atoms with Crippen LogP contribution in [0, 0.1) is 84.8 Å². The van der Waals surface area contributed by atoms with Crippen LogP contribution in [0.5, 0.6) is 0 Å². The second-order valence-corrected chi connectivity index (χ2v) is 40.8. The number of halogens is 3. The predicted octanol–water partition coefficient (Wildman–Crippen LogP) is 20.0. The second kappa shape index (κ2) is 42.7. The number of aromatic nitrogens is 4. The summed E-state index contributed by atoms with van der Waals surface area (Å²) in [4.78, 5) is 81.3. The molecule has 3 saturated heterocycles. The number of hydrogen-bond donors (Lipinski definition) is 1. The van der Waals surface area contributed by atoms with Gasteiger partial charge in [-0.3, -0.25) is 48.9 Å². The molecule has 12 unspecified atom stereocenters. The number of aliphatic imine (C=N–C) groups is 3. The Morgan fingerprint density at radius 3 is 1.39 bits per heavy atom. The molecular formula is C108H131Cl2FN10O6. The number of likely N-dealkylation sites (tertiary alicyclic amines) is 3. The Balaban J connectivity index is 0.000000120. The van der Waals surface area contributed by atoms with Crippen molar-refractivity contribution in [1.29, 1.82) is 0 Å². The molecule has 5 aromatic carbocycles. The largest absolute Gasteiger partial charge is 0.388 e. The molecule has 8 heterocycles. The number of aryl methyl sites for hydroxylation is 1. The van der Waals surface area contributed by atoms with Crippen LogP contribution in [-0.4, -0.2) is 172 Å². The van der Waals surface area contributed by atoms with Crippen LogP contribution in [0.2, 0.25) is 10.0 Å². The SMILES string of the molecule is COCC[C@@H]1C[C@@H](CC(=O)Cc2c(C)c(-c3cnc(CO)nc3)nn2-c2ccccc2)[C@H](c2ccccc2)C1.Cc1cc2c(cc1Cl)CC1CN(C3CCCCC3CC(=O)CC3=CC=NC3)CC1C2.O=C(CC1=CC=NC1)CC1CCCCC1N1CC2Cc3ccc(Cl)cc3CC2C1.O=C(CC1=CC=NC1)CC1CCCCC1N1CC2Cc3ccc(F)cc3CC2C1. The Labute approximate surface area is 762 Å². The molecule has 0 bridgehead atoms. The lowest BCUT2D eigenvalue weighted by atomic mass is 9.77. The molecular weight excluding hydrogens is 1620 g/mol. The summed E-state index contributed by atoms with van der Waals surface area (Å²) in [5.41, 5.74) is 18.8. The number of rotatable bonds is 26. The summed E-state index contributed by atoms with van der Waals surface area (Å²) < 4.78 is 20.9. The van der Waals surface area contributed by atoms with Crippen molar-refractivity contribution in [3.05, 3.63) is 234 Å². The monoisotopic (exact) mass is 1750 g/mol. The van der Waals surface area contributed by atoms with E-state index in [1.807, 2.05) is 90.9 Å². The molecule has 0 radical (unpaired) electrons. The summed E-state index contributed by atoms with van der Waals surface area (Å²) in [5.74, 6) is 8.89. The number of aliphatic hydroxyl groups excluding tert-OH is 1. The van der Waals surface area contributed by atoms with Crippen LogP contribution in [0.25, 0.3) is 16.9 Å². The number of allylic oxidation sites excluding steroid dienone is 3. The third-order valence-corrected chi connectivity index (χ3v) is 32.0. The Kier molecular flexibility index (Phi) is 30.4. The minimum atomic E-state index is -0.213. The first kappa shape index (κ1) is 90.5. The van der Waals surface area contributed by atoms with Crippen LogP contribution >= 0.6 is 23.2 Å². The summed E-state index contributed by atoms with van der Waals surface area (Å²) in [7, 11) is 1.75. The van der Waals surface area contributed by atoms with Crippen molar-refractivity contribution in [2.75, 3.05) is 72.6 Å². The quantitative estimate of drug-likeness (QED) is 0.0541. The summed E-state index contributed by atoms with van der Waals surface area (Å²) in [6.45, 7) is 13.9. The number of nitrogens with zero attached hydrogens (tertiary/aromatic N) is 10. The molecule has 0 spiro atoms. The lowest BCUT2D eigenvalue weighted by molar-refractivity contribution is -0.121. The third kappa shape index (κ3) is 22.6. The molecule has 7 fully saturated rings. The molecule has 16 nitrogen and oxygen atoms in total. The lowest BCUT2D eigenvalue weighted by Gasteiger charge is -2.38. The van der Waals surface area contributed by atoms with Gasteiger partial charge in [0.05, 0.1) is 36.7 Å². The van der Waals surface area contributed by atoms with Gasteiger partial charge in [-0.15, -0.1) is 0 Å². The Hall–Kier alpha value is -8.39. The van der Waals surface area contributed by atoms with E-state index in [9.17, 15) is 28.7 Å². The van der Waals surface area contributed by atoms with Gasteiger partial charge in [0.25, 0.3) is 0 Å². The molecule has 7 aromatic rings. The number of carbonyl (C=O) groups excluding carboxylic acids is 4. The number of fused-ring (bicyclic) bond motifs is 6. The van der Waals surface area contributed by atoms with Crippen LogP contribution in [0.1, 0.15) is 209 Å². The lowest BCUT2D eigenvalue weighted by Crippen LogP contribution is -2.42. The molecule has 13 aliphatic rings. The molecule has 0 amide bonds. The van der Waals surface area contributed by atoms with Gasteiger partial charge >= 0.3 is 0 Å². The standard InChI is InChI=1S/C32H36N4O3.C26H33ClN2O.C25H31ClN2O.C25H31FN2O/c1-22-30(36(27-11-7-4-8-12-27)35-32(22)26-19-33-31(21-37)34-20-26)18-28(38)17-25-15-23(13-14-39-2)16-29(25)24-9-5-3-6-10-24;1-17-8-20-10-22-15-29(16-23(22)11-21(20)13-25(17)27)26-5-3-2-4-19(26)12-24(30)9-18-6-7-28-14-18;2*26-23-6-5-18-10-21-15-28(16-22(21)11-20(18)12-23)25-4-2-1-3-19(25)13-24(29)9-17-7-8-27-14-17/h3-12,19-20,23,25,29,37H,13-18,21H2,1-2H3;6-8,13,19,22-23,26H,2-5,9-12,14-16H2,1H3;2*5-8,12,19,21-22,25H,1-4,9-11,13-16H2/t23-,25+,29+;;;/m1.../s1. The minimum absolute atomic E-state index is 0.106. The maximum absolute atomic E-state index is 13.7. The first-order valence-corrected chi connectivity index (χ1v) is 49.0. The van der Waals surface area contributed by atoms with Gasteiger partial charge in [-0.1, -0.05) is 128 Å². The topological polar surface area (TPSA) is 188 Å². The van der Waals surface area contributed by atoms with Gasteiger partial charge in [-0.05, 0) is 309 Å². The van der Waals surface area contributed by atoms with Crippen LogP contribution in [-0.2, 0) is 75.5 Å². The number of para-hydroxylation sites is 1. The summed E-state index contributed by atoms with van der Waals surface area (Å²) in [6.07, 6.45) is 44.9. The van der Waals surface area contributed by atoms with E-state index in [0.29, 0.717) is 127 Å². The van der Waals surface area contributed by atoms with Crippen LogP contribution in [0.4, 0.5) is 4.39 Å². The molecule has 4 saturated carbocycles. The van der Waals surface area contributed by atoms with Crippen molar-refractivity contribution in [3.63, 3.8) is 0 Å². The Morgan fingerprint density at radius 1 is 0.488 bits per heavy atom. The fourth-order valence-corrected chi connectivity index (χ4v) is 25.4. The number of carbonyl (C=O) groups is 4. The van der Waals surface area contributed by atoms with E-state index in [0.717, 1.165) is 146 Å². The zero-order valence-corrected chi connectivity index (χ0v) is 76.6. The molecule has 15 atom stereocenters. The Bertz CT molecular complexity index is 5040. The van der Waals surface area contributed by atoms with Crippen LogP contribution in [0.15, 0.2) is 172 Å². The van der Waals surface area contributed by atoms with E-state index >= 15 is 0 Å². The van der Waals surface area contributed by atoms with Gasteiger partial charge in [0, 0.05) is 169 Å². The van der Waals surface area contributed by atoms with E-state index < -0.39 is 0 Å². The zero-order valence-electron chi connectivity index (χ0n) is 75.1. The average molecular weight is 1760 g/mol. The van der Waals surface area contributed by atoms with E-state index in [1.54, 1.807) is 31.6 Å². The molecule has 20 rings (SSSR count). The summed E-state index contributed by atoms with van der Waals surface area (Å²) in [6, 6.07) is 38.6. The predicted molar refractivity (Wildman–Crippen MR) is 507 cm³/mol. The summed E-state index contributed by atoms with van der Waals surface area (Å²) in [5, 5.41) is 16.0. The smallest absolute Gasteiger partial charge is 0.153 e. The molecule has 2 aromatic heterocycles. The summed E-state index contributed by atoms with van der Waals surface area (Å²) >= 11 is 12.7. The van der Waals surface area contributed by atoms with E-state index in [2.05, 4.69) is 101 Å². The van der Waals surface area contributed by atoms with Gasteiger partial charge in [-0.2, -0.15) is 5.10 Å². The third-order valence-electron chi connectivity index (χ3n) is 31.4. The highest BCUT2D eigenvalue weighted by Gasteiger charge is 2.47. The molecule has 7 aliphatic carbocycles. The highest BCUT2D eigenvalue weighted by atomic mass is 35.5. The van der Waals surface area contributed by atoms with Gasteiger partial charge < -0.3 is 9.84 Å². The number of ketones is 4. The maximum atomic E-state index is 13.7. The van der Waals surface area contributed by atoms with Crippen molar-refractivity contribution < 1.29 is 33.4 Å². The van der Waals surface area contributed by atoms with Gasteiger partial charge in [0.15, 0.2) is 5.82 Å². The van der Waals surface area contributed by atoms with Crippen molar-refractivity contribution in [1.82, 2.24) is 34.4 Å². The van der Waals surface area contributed by atoms with Crippen LogP contribution < -0.4 is 0 Å². The average Bonchev–Trinajstić information content (AvgIpc) is 1.66. The number of methoxy groups -OCH3 is 1. The highest BCUT2D eigenvalue weighted by Crippen LogP contribution is 2.49. The number of Topliss-reactive ketones (excluding diaryl/α,β-unsaturated/α-hetero) is 4. The molecule has 19 heteroatoms. The normalized spacial score (nSPS) is 27.4. The highest BCUT2D eigenvalue weighted by molar-refractivity contribution is 6.31. The number of aliphatic hydroxyl groups is 1.